The van der Waals surface area contributed by atoms with Gasteiger partial charge >= 0.3 is 0 Å². The van der Waals surface area contributed by atoms with Crippen molar-refractivity contribution in [3.63, 3.8) is 0 Å². The molecule has 0 aliphatic carbocycles. The number of fused-ring (bicyclic) bond motifs is 1. The zero-order chi connectivity index (χ0) is 23.0. The smallest absolute Gasteiger partial charge is 0.254 e. The zero-order valence-corrected chi connectivity index (χ0v) is 18.3. The van der Waals surface area contributed by atoms with Crippen molar-refractivity contribution < 1.29 is 9.59 Å². The number of rotatable bonds is 5. The lowest BCUT2D eigenvalue weighted by Gasteiger charge is -2.19. The molecule has 0 fully saturated rings. The van der Waals surface area contributed by atoms with Crippen molar-refractivity contribution in [1.82, 2.24) is 30.0 Å². The molecule has 4 heterocycles. The van der Waals surface area contributed by atoms with Crippen LogP contribution in [0.4, 0.5) is 5.95 Å². The molecule has 10 heteroatoms. The van der Waals surface area contributed by atoms with Crippen molar-refractivity contribution in [2.24, 2.45) is 10.9 Å². The van der Waals surface area contributed by atoms with Crippen molar-refractivity contribution in [2.75, 3.05) is 12.3 Å². The number of anilines is 1. The van der Waals surface area contributed by atoms with Crippen LogP contribution in [0, 0.1) is 5.92 Å². The zero-order valence-electron chi connectivity index (χ0n) is 18.3. The molecule has 1 unspecified atom stereocenters. The van der Waals surface area contributed by atoms with Gasteiger partial charge in [-0.05, 0) is 39.8 Å². The number of aromatic nitrogens is 5. The third-order valence-electron chi connectivity index (χ3n) is 5.31. The van der Waals surface area contributed by atoms with E-state index in [4.69, 9.17) is 10.7 Å². The number of nitrogens with zero attached hydrogens (tertiary/aromatic N) is 6. The summed E-state index contributed by atoms with van der Waals surface area (Å²) in [6.45, 7) is 7.76. The monoisotopic (exact) mass is 432 g/mol. The number of hydrogen-bond donors (Lipinski definition) is 2. The fraction of sp³-hybridized carbons (Fsp3) is 0.318. The average Bonchev–Trinajstić information content (AvgIpc) is 3.17. The Morgan fingerprint density at radius 3 is 2.59 bits per heavy atom. The van der Waals surface area contributed by atoms with E-state index in [0.717, 1.165) is 5.57 Å². The lowest BCUT2D eigenvalue weighted by atomic mass is 9.95. The minimum Gasteiger partial charge on any atom is -0.368 e. The van der Waals surface area contributed by atoms with Gasteiger partial charge in [-0.3, -0.25) is 9.59 Å². The highest BCUT2D eigenvalue weighted by atomic mass is 16.2. The standard InChI is InChI=1S/C22H24N8O2/c1-11(2)30-19-17(10-27-30)15(6-18(29-19)14-7-25-22(23)26-8-14)20(31)24-9-16-12(3)5-13(4)28-21(16)32/h5-8,10-11,16H,9H2,1-4H3,(H,24,31)(H2,23,25,26). The average molecular weight is 432 g/mol. The molecule has 0 bridgehead atoms. The Hall–Kier alpha value is -3.95. The van der Waals surface area contributed by atoms with Crippen LogP contribution in [0.2, 0.25) is 0 Å². The molecule has 3 aromatic heterocycles. The Morgan fingerprint density at radius 1 is 1.22 bits per heavy atom. The van der Waals surface area contributed by atoms with Crippen molar-refractivity contribution in [3.05, 3.63) is 41.9 Å². The molecule has 2 amide bonds. The van der Waals surface area contributed by atoms with Gasteiger partial charge in [-0.1, -0.05) is 5.57 Å². The van der Waals surface area contributed by atoms with E-state index in [9.17, 15) is 9.59 Å². The Morgan fingerprint density at radius 2 is 1.94 bits per heavy atom. The van der Waals surface area contributed by atoms with Crippen molar-refractivity contribution in [3.8, 4) is 11.3 Å². The predicted molar refractivity (Wildman–Crippen MR) is 121 cm³/mol. The van der Waals surface area contributed by atoms with Crippen LogP contribution in [-0.2, 0) is 4.79 Å². The van der Waals surface area contributed by atoms with Crippen molar-refractivity contribution in [1.29, 1.82) is 0 Å². The lowest BCUT2D eigenvalue weighted by Crippen LogP contribution is -2.34. The van der Waals surface area contributed by atoms with E-state index >= 15 is 0 Å². The minimum atomic E-state index is -0.483. The quantitative estimate of drug-likeness (QED) is 0.630. The Balaban J connectivity index is 1.70. The fourth-order valence-corrected chi connectivity index (χ4v) is 3.65. The molecule has 0 aromatic carbocycles. The van der Waals surface area contributed by atoms with E-state index in [1.807, 2.05) is 26.8 Å². The number of amides is 2. The summed E-state index contributed by atoms with van der Waals surface area (Å²) in [5.74, 6) is -0.915. The number of pyridine rings is 1. The first-order valence-electron chi connectivity index (χ1n) is 10.3. The highest BCUT2D eigenvalue weighted by Gasteiger charge is 2.25. The molecule has 0 saturated carbocycles. The van der Waals surface area contributed by atoms with E-state index < -0.39 is 5.92 Å². The molecule has 1 aliphatic rings. The highest BCUT2D eigenvalue weighted by molar-refractivity contribution is 6.08. The van der Waals surface area contributed by atoms with E-state index in [1.54, 1.807) is 36.3 Å². The van der Waals surface area contributed by atoms with Gasteiger partial charge in [0.15, 0.2) is 5.65 Å². The number of nitrogens with two attached hydrogens (primary N) is 1. The van der Waals surface area contributed by atoms with Crippen LogP contribution in [-0.4, -0.2) is 48.8 Å². The fourth-order valence-electron chi connectivity index (χ4n) is 3.65. The Bertz CT molecular complexity index is 1270. The molecular formula is C22H24N8O2. The van der Waals surface area contributed by atoms with Gasteiger partial charge in [0.25, 0.3) is 11.8 Å². The maximum atomic E-state index is 13.2. The summed E-state index contributed by atoms with van der Waals surface area (Å²) >= 11 is 0. The van der Waals surface area contributed by atoms with Gasteiger partial charge < -0.3 is 11.1 Å². The van der Waals surface area contributed by atoms with Gasteiger partial charge in [0, 0.05) is 36.3 Å². The maximum absolute atomic E-state index is 13.2. The van der Waals surface area contributed by atoms with Gasteiger partial charge in [-0.2, -0.15) is 5.10 Å². The SMILES string of the molecule is CC1=CC(C)=NC(=O)C1CNC(=O)c1cc(-c2cnc(N)nc2)nc2c1cnn2C(C)C. The Kier molecular flexibility index (Phi) is 5.52. The number of nitrogen functional groups attached to an aromatic ring is 1. The van der Waals surface area contributed by atoms with Gasteiger partial charge in [0.1, 0.15) is 0 Å². The molecule has 1 aliphatic heterocycles. The van der Waals surface area contributed by atoms with Gasteiger partial charge in [-0.25, -0.2) is 24.6 Å². The number of allylic oxidation sites excluding steroid dienone is 1. The molecule has 1 atom stereocenters. The molecule has 3 N–H and O–H groups in total. The molecule has 10 nitrogen and oxygen atoms in total. The molecule has 0 spiro atoms. The number of hydrogen-bond acceptors (Lipinski definition) is 7. The normalized spacial score (nSPS) is 16.3. The highest BCUT2D eigenvalue weighted by Crippen LogP contribution is 2.26. The summed E-state index contributed by atoms with van der Waals surface area (Å²) < 4.78 is 1.75. The van der Waals surface area contributed by atoms with Crippen LogP contribution in [0.3, 0.4) is 0 Å². The number of aliphatic imine (C=N–C) groups is 1. The second kappa shape index (κ2) is 8.29. The van der Waals surface area contributed by atoms with Gasteiger partial charge in [0.05, 0.1) is 28.8 Å². The predicted octanol–water partition coefficient (Wildman–Crippen LogP) is 2.34. The van der Waals surface area contributed by atoms with E-state index in [0.29, 0.717) is 33.6 Å². The van der Waals surface area contributed by atoms with Crippen LogP contribution in [0.1, 0.15) is 44.1 Å². The molecule has 0 saturated heterocycles. The Labute approximate surface area is 184 Å². The van der Waals surface area contributed by atoms with Crippen molar-refractivity contribution in [2.45, 2.75) is 33.7 Å². The minimum absolute atomic E-state index is 0.0441. The van der Waals surface area contributed by atoms with E-state index in [-0.39, 0.29) is 30.3 Å². The summed E-state index contributed by atoms with van der Waals surface area (Å²) in [6, 6.07) is 1.72. The summed E-state index contributed by atoms with van der Waals surface area (Å²) in [5.41, 5.74) is 9.26. The number of carbonyl (C=O) groups excluding carboxylic acids is 2. The molecule has 3 aromatic rings. The van der Waals surface area contributed by atoms with Crippen molar-refractivity contribution >= 4 is 34.5 Å². The largest absolute Gasteiger partial charge is 0.368 e. The van der Waals surface area contributed by atoms with Gasteiger partial charge in [0.2, 0.25) is 5.95 Å². The molecule has 4 rings (SSSR count). The molecule has 164 valence electrons. The van der Waals surface area contributed by atoms with E-state index in [1.165, 1.54) is 0 Å². The first-order chi connectivity index (χ1) is 15.2. The maximum Gasteiger partial charge on any atom is 0.254 e. The topological polar surface area (TPSA) is 141 Å². The van der Waals surface area contributed by atoms with Crippen LogP contribution in [0.15, 0.2) is 41.3 Å². The summed E-state index contributed by atoms with van der Waals surface area (Å²) in [6.07, 6.45) is 6.60. The third-order valence-corrected chi connectivity index (χ3v) is 5.31. The van der Waals surface area contributed by atoms with Crippen LogP contribution in [0.5, 0.6) is 0 Å². The second-order valence-corrected chi connectivity index (χ2v) is 8.05. The first kappa shape index (κ1) is 21.3. The van der Waals surface area contributed by atoms with Crippen LogP contribution < -0.4 is 11.1 Å². The van der Waals surface area contributed by atoms with Gasteiger partial charge in [-0.15, -0.1) is 0 Å². The number of carbonyl (C=O) groups is 2. The van der Waals surface area contributed by atoms with E-state index in [2.05, 4.69) is 25.4 Å². The molecular weight excluding hydrogens is 408 g/mol. The summed E-state index contributed by atoms with van der Waals surface area (Å²) in [5, 5.41) is 7.91. The number of dihydropyridines is 1. The third kappa shape index (κ3) is 3.98. The molecule has 0 radical (unpaired) electrons. The molecule has 32 heavy (non-hydrogen) atoms. The second-order valence-electron chi connectivity index (χ2n) is 8.05. The van der Waals surface area contributed by atoms with Crippen LogP contribution in [0.25, 0.3) is 22.3 Å². The summed E-state index contributed by atoms with van der Waals surface area (Å²) in [7, 11) is 0. The lowest BCUT2D eigenvalue weighted by molar-refractivity contribution is -0.120. The van der Waals surface area contributed by atoms with Crippen LogP contribution >= 0.6 is 0 Å². The first-order valence-corrected chi connectivity index (χ1v) is 10.3. The number of nitrogens with one attached hydrogen (secondary N) is 1. The summed E-state index contributed by atoms with van der Waals surface area (Å²) in [4.78, 5) is 42.2.